The van der Waals surface area contributed by atoms with Crippen molar-refractivity contribution in [3.05, 3.63) is 82.3 Å². The Morgan fingerprint density at radius 1 is 0.981 bits per heavy atom. The number of carbonyl (C=O) groups is 3. The molecule has 3 aromatic rings. The number of halogens is 1. The molecule has 3 saturated heterocycles. The van der Waals surface area contributed by atoms with Gasteiger partial charge < -0.3 is 29.3 Å². The second-order valence-electron chi connectivity index (χ2n) is 15.9. The molecular formula is C42H52BrN3O6Si. The third kappa shape index (κ3) is 6.87. The fourth-order valence-corrected chi connectivity index (χ4v) is 14.1. The number of nitrogens with zero attached hydrogens (tertiary/aromatic N) is 3. The van der Waals surface area contributed by atoms with Crippen molar-refractivity contribution in [2.45, 2.75) is 101 Å². The molecule has 7 rings (SSSR count). The monoisotopic (exact) mass is 801 g/mol. The Balaban J connectivity index is 1.24. The number of likely N-dealkylation sites (tertiary alicyclic amines) is 1. The van der Waals surface area contributed by atoms with Crippen molar-refractivity contribution in [2.24, 2.45) is 5.92 Å². The number of anilines is 2. The smallest absolute Gasteiger partial charge is 0.264 e. The van der Waals surface area contributed by atoms with Gasteiger partial charge in [0.15, 0.2) is 5.60 Å². The van der Waals surface area contributed by atoms with Crippen molar-refractivity contribution in [3.8, 4) is 5.75 Å². The van der Waals surface area contributed by atoms with Gasteiger partial charge in [-0.25, -0.2) is 0 Å². The molecule has 0 aromatic heterocycles. The zero-order chi connectivity index (χ0) is 37.5. The van der Waals surface area contributed by atoms with Gasteiger partial charge in [0.05, 0.1) is 52.6 Å². The standard InChI is InChI=1S/C42H52BrN3O6Si/c1-28-40(53(3,4)34-19-17-33(51-2)18-20-34)37(25-39(49)45-23-9-10-32(45)27-47)52-42(28)35-24-30(43)14-21-36(35)46(41(42)50)26-29-12-15-31(16-13-29)44-22-8-6-5-7-11-38(44)48/h12-21,24,28,32,37,40,47H,5-11,22-23,25-27H2,1-4H3/t28-,32-,37+,40-,42+/m0/s1. The lowest BCUT2D eigenvalue weighted by Crippen LogP contribution is -2.52. The lowest BCUT2D eigenvalue weighted by molar-refractivity contribution is -0.150. The van der Waals surface area contributed by atoms with E-state index in [1.54, 1.807) is 7.11 Å². The van der Waals surface area contributed by atoms with Gasteiger partial charge in [0, 0.05) is 41.2 Å². The van der Waals surface area contributed by atoms with Gasteiger partial charge in [-0.05, 0) is 79.3 Å². The Hall–Kier alpha value is -3.51. The van der Waals surface area contributed by atoms with Gasteiger partial charge in [0.1, 0.15) is 5.75 Å². The Morgan fingerprint density at radius 2 is 1.72 bits per heavy atom. The second-order valence-corrected chi connectivity index (χ2v) is 21.5. The minimum absolute atomic E-state index is 0.0318. The molecule has 4 heterocycles. The summed E-state index contributed by atoms with van der Waals surface area (Å²) in [5.74, 6) is 0.554. The van der Waals surface area contributed by atoms with Crippen molar-refractivity contribution in [3.63, 3.8) is 0 Å². The van der Waals surface area contributed by atoms with E-state index in [1.807, 2.05) is 69.3 Å². The number of rotatable bonds is 9. The van der Waals surface area contributed by atoms with E-state index >= 15 is 4.79 Å². The van der Waals surface area contributed by atoms with Crippen LogP contribution >= 0.6 is 15.9 Å². The van der Waals surface area contributed by atoms with Crippen LogP contribution in [0.1, 0.15) is 69.4 Å². The van der Waals surface area contributed by atoms with Crippen LogP contribution in [0.25, 0.3) is 0 Å². The highest BCUT2D eigenvalue weighted by atomic mass is 79.9. The summed E-state index contributed by atoms with van der Waals surface area (Å²) in [6.45, 7) is 8.41. The van der Waals surface area contributed by atoms with Crippen LogP contribution in [0, 0.1) is 5.92 Å². The van der Waals surface area contributed by atoms with Gasteiger partial charge in [-0.15, -0.1) is 0 Å². The molecule has 9 nitrogen and oxygen atoms in total. The first-order valence-electron chi connectivity index (χ1n) is 19.2. The van der Waals surface area contributed by atoms with Crippen LogP contribution in [0.5, 0.6) is 5.75 Å². The van der Waals surface area contributed by atoms with Crippen molar-refractivity contribution in [1.29, 1.82) is 0 Å². The van der Waals surface area contributed by atoms with Crippen molar-refractivity contribution < 1.29 is 29.0 Å². The second kappa shape index (κ2) is 15.3. The first-order chi connectivity index (χ1) is 25.5. The molecule has 3 aromatic carbocycles. The lowest BCUT2D eigenvalue weighted by Gasteiger charge is -2.37. The molecule has 0 bridgehead atoms. The molecule has 5 atom stereocenters. The Labute approximate surface area is 322 Å². The number of carbonyl (C=O) groups excluding carboxylic acids is 3. The predicted octanol–water partition coefficient (Wildman–Crippen LogP) is 6.89. The van der Waals surface area contributed by atoms with Crippen molar-refractivity contribution in [2.75, 3.05) is 36.6 Å². The summed E-state index contributed by atoms with van der Waals surface area (Å²) >= 11 is 3.70. The molecule has 282 valence electrons. The van der Waals surface area contributed by atoms with Gasteiger partial charge >= 0.3 is 0 Å². The number of fused-ring (bicyclic) bond motifs is 2. The maximum Gasteiger partial charge on any atom is 0.264 e. The van der Waals surface area contributed by atoms with E-state index in [4.69, 9.17) is 9.47 Å². The van der Waals surface area contributed by atoms with Gasteiger partial charge in [0.2, 0.25) is 11.8 Å². The quantitative estimate of drug-likeness (QED) is 0.237. The highest BCUT2D eigenvalue weighted by Crippen LogP contribution is 2.60. The largest absolute Gasteiger partial charge is 0.497 e. The average Bonchev–Trinajstić information content (AvgIpc) is 3.81. The number of aliphatic hydroxyl groups excluding tert-OH is 1. The van der Waals surface area contributed by atoms with Crippen LogP contribution in [0.4, 0.5) is 11.4 Å². The van der Waals surface area contributed by atoms with E-state index in [2.05, 4.69) is 48.1 Å². The number of hydrogen-bond acceptors (Lipinski definition) is 6. The number of amides is 3. The van der Waals surface area contributed by atoms with Gasteiger partial charge in [-0.1, -0.05) is 78.2 Å². The molecule has 53 heavy (non-hydrogen) atoms. The topological polar surface area (TPSA) is 99.6 Å². The van der Waals surface area contributed by atoms with Gasteiger partial charge in [0.25, 0.3) is 5.91 Å². The SMILES string of the molecule is COc1ccc([Si](C)(C)[C@@H]2[C@@H](CC(=O)N3CCC[C@H]3CO)O[C@]3(C(=O)N(Cc4ccc(N5CCCCCCC5=O)cc4)c4ccc(Br)cc43)[C@H]2C)cc1. The summed E-state index contributed by atoms with van der Waals surface area (Å²) in [4.78, 5) is 47.8. The summed E-state index contributed by atoms with van der Waals surface area (Å²) in [5.41, 5.74) is 2.11. The molecule has 0 radical (unpaired) electrons. The van der Waals surface area contributed by atoms with E-state index in [1.165, 1.54) is 5.19 Å². The average molecular weight is 803 g/mol. The summed E-state index contributed by atoms with van der Waals surface area (Å²) in [5, 5.41) is 11.3. The first kappa shape index (κ1) is 37.8. The van der Waals surface area contributed by atoms with E-state index < -0.39 is 19.8 Å². The third-order valence-corrected chi connectivity index (χ3v) is 17.3. The highest BCUT2D eigenvalue weighted by molar-refractivity contribution is 9.10. The van der Waals surface area contributed by atoms with Crippen LogP contribution in [0.2, 0.25) is 18.6 Å². The van der Waals surface area contributed by atoms with E-state index in [-0.39, 0.29) is 48.3 Å². The predicted molar refractivity (Wildman–Crippen MR) is 213 cm³/mol. The molecule has 1 spiro atoms. The molecule has 1 N–H and O–H groups in total. The number of hydrogen-bond donors (Lipinski definition) is 1. The van der Waals surface area contributed by atoms with Crippen LogP contribution < -0.4 is 19.7 Å². The van der Waals surface area contributed by atoms with Crippen LogP contribution in [0.15, 0.2) is 71.2 Å². The molecule has 11 heteroatoms. The van der Waals surface area contributed by atoms with Crippen molar-refractivity contribution in [1.82, 2.24) is 4.90 Å². The van der Waals surface area contributed by atoms with E-state index in [0.29, 0.717) is 19.5 Å². The van der Waals surface area contributed by atoms with Crippen LogP contribution in [-0.2, 0) is 31.3 Å². The summed E-state index contributed by atoms with van der Waals surface area (Å²) in [6, 6.07) is 22.1. The molecule has 0 unspecified atom stereocenters. The van der Waals surface area contributed by atoms with Crippen molar-refractivity contribution >= 4 is 58.3 Å². The number of methoxy groups -OCH3 is 1. The Bertz CT molecular complexity index is 1840. The first-order valence-corrected chi connectivity index (χ1v) is 23.1. The maximum atomic E-state index is 15.2. The normalized spacial score (nSPS) is 26.3. The molecule has 3 amide bonds. The minimum Gasteiger partial charge on any atom is -0.497 e. The third-order valence-electron chi connectivity index (χ3n) is 12.5. The Kier molecular flexibility index (Phi) is 10.9. The van der Waals surface area contributed by atoms with Crippen LogP contribution in [0.3, 0.4) is 0 Å². The number of aliphatic hydroxyl groups is 1. The fraction of sp³-hybridized carbons (Fsp3) is 0.500. The van der Waals surface area contributed by atoms with E-state index in [0.717, 1.165) is 77.8 Å². The summed E-state index contributed by atoms with van der Waals surface area (Å²) in [7, 11) is -0.785. The Morgan fingerprint density at radius 3 is 2.43 bits per heavy atom. The van der Waals surface area contributed by atoms with E-state index in [9.17, 15) is 14.7 Å². The lowest BCUT2D eigenvalue weighted by atomic mass is 9.82. The summed E-state index contributed by atoms with van der Waals surface area (Å²) in [6.07, 6.45) is 6.02. The molecule has 4 aliphatic heterocycles. The zero-order valence-corrected chi connectivity index (χ0v) is 33.9. The van der Waals surface area contributed by atoms with Gasteiger partial charge in [-0.2, -0.15) is 0 Å². The van der Waals surface area contributed by atoms with Gasteiger partial charge in [-0.3, -0.25) is 14.4 Å². The van der Waals surface area contributed by atoms with Crippen LogP contribution in [-0.4, -0.2) is 74.8 Å². The zero-order valence-electron chi connectivity index (χ0n) is 31.4. The maximum absolute atomic E-state index is 15.2. The number of benzene rings is 3. The molecule has 4 aliphatic rings. The minimum atomic E-state index is -2.44. The fourth-order valence-electron chi connectivity index (χ4n) is 9.68. The molecule has 3 fully saturated rings. The summed E-state index contributed by atoms with van der Waals surface area (Å²) < 4.78 is 13.6. The molecule has 0 aliphatic carbocycles. The molecular weight excluding hydrogens is 750 g/mol. The number of ether oxygens (including phenoxy) is 2. The molecule has 0 saturated carbocycles. The highest BCUT2D eigenvalue weighted by Gasteiger charge is 2.66.